The molecule has 0 radical (unpaired) electrons. The SMILES string of the molecule is CC(=O)c1ccc(OCc2ccccc2)c(Cl)c1[N+](=O)[O-]. The molecular weight excluding hydrogens is 294 g/mol. The maximum absolute atomic E-state index is 11.4. The molecule has 0 fully saturated rings. The van der Waals surface area contributed by atoms with Gasteiger partial charge in [-0.25, -0.2) is 0 Å². The highest BCUT2D eigenvalue weighted by atomic mass is 35.5. The summed E-state index contributed by atoms with van der Waals surface area (Å²) in [5.74, 6) is -0.240. The van der Waals surface area contributed by atoms with E-state index in [-0.39, 0.29) is 22.9 Å². The van der Waals surface area contributed by atoms with Crippen molar-refractivity contribution >= 4 is 23.1 Å². The molecule has 0 amide bonds. The molecule has 0 unspecified atom stereocenters. The third-order valence-electron chi connectivity index (χ3n) is 2.88. The summed E-state index contributed by atoms with van der Waals surface area (Å²) in [7, 11) is 0. The molecule has 2 aromatic rings. The summed E-state index contributed by atoms with van der Waals surface area (Å²) in [6, 6.07) is 12.2. The maximum Gasteiger partial charge on any atom is 0.302 e. The molecule has 0 spiro atoms. The normalized spacial score (nSPS) is 10.2. The van der Waals surface area contributed by atoms with Gasteiger partial charge in [0, 0.05) is 0 Å². The maximum atomic E-state index is 11.4. The van der Waals surface area contributed by atoms with E-state index in [2.05, 4.69) is 0 Å². The van der Waals surface area contributed by atoms with Crippen LogP contribution in [0.1, 0.15) is 22.8 Å². The average molecular weight is 306 g/mol. The van der Waals surface area contributed by atoms with E-state index in [1.54, 1.807) is 0 Å². The smallest absolute Gasteiger partial charge is 0.302 e. The quantitative estimate of drug-likeness (QED) is 0.475. The number of hydrogen-bond acceptors (Lipinski definition) is 4. The lowest BCUT2D eigenvalue weighted by Crippen LogP contribution is -2.03. The Bertz CT molecular complexity index is 686. The summed E-state index contributed by atoms with van der Waals surface area (Å²) in [5.41, 5.74) is 0.457. The topological polar surface area (TPSA) is 69.4 Å². The summed E-state index contributed by atoms with van der Waals surface area (Å²) in [5, 5.41) is 10.9. The number of benzene rings is 2. The number of hydrogen-bond donors (Lipinski definition) is 0. The Morgan fingerprint density at radius 1 is 1.24 bits per heavy atom. The van der Waals surface area contributed by atoms with Crippen LogP contribution in [0.15, 0.2) is 42.5 Å². The van der Waals surface area contributed by atoms with Crippen LogP contribution in [0.3, 0.4) is 0 Å². The second kappa shape index (κ2) is 6.37. The summed E-state index contributed by atoms with van der Waals surface area (Å²) in [4.78, 5) is 21.8. The number of rotatable bonds is 5. The Hall–Kier alpha value is -2.40. The number of ether oxygens (including phenoxy) is 1. The Morgan fingerprint density at radius 2 is 1.90 bits per heavy atom. The van der Waals surface area contributed by atoms with E-state index in [0.29, 0.717) is 0 Å². The fourth-order valence-electron chi connectivity index (χ4n) is 1.86. The highest BCUT2D eigenvalue weighted by Crippen LogP contribution is 2.37. The first-order chi connectivity index (χ1) is 10.0. The van der Waals surface area contributed by atoms with Crippen molar-refractivity contribution in [2.75, 3.05) is 0 Å². The van der Waals surface area contributed by atoms with Crippen LogP contribution in [0.5, 0.6) is 5.75 Å². The standard InChI is InChI=1S/C15H12ClNO4/c1-10(18)12-7-8-13(14(16)15(12)17(19)20)21-9-11-5-3-2-4-6-11/h2-8H,9H2,1H3. The van der Waals surface area contributed by atoms with Gasteiger partial charge in [0.25, 0.3) is 0 Å². The van der Waals surface area contributed by atoms with Crippen LogP contribution >= 0.6 is 11.6 Å². The largest absolute Gasteiger partial charge is 0.487 e. The number of Topliss-reactive ketones (excluding diaryl/α,β-unsaturated/α-hetero) is 1. The number of carbonyl (C=O) groups excluding carboxylic acids is 1. The van der Waals surface area contributed by atoms with Crippen molar-refractivity contribution < 1.29 is 14.5 Å². The van der Waals surface area contributed by atoms with Gasteiger partial charge in [0.05, 0.1) is 10.5 Å². The van der Waals surface area contributed by atoms with Crippen molar-refractivity contribution in [1.82, 2.24) is 0 Å². The van der Waals surface area contributed by atoms with E-state index >= 15 is 0 Å². The molecule has 0 aliphatic carbocycles. The second-order valence-electron chi connectivity index (χ2n) is 4.36. The van der Waals surface area contributed by atoms with E-state index in [0.717, 1.165) is 5.56 Å². The number of carbonyl (C=O) groups is 1. The number of nitro benzene ring substituents is 1. The van der Waals surface area contributed by atoms with Gasteiger partial charge in [-0.3, -0.25) is 14.9 Å². The predicted molar refractivity (Wildman–Crippen MR) is 78.9 cm³/mol. The van der Waals surface area contributed by atoms with Gasteiger partial charge in [0.1, 0.15) is 12.4 Å². The van der Waals surface area contributed by atoms with E-state index in [4.69, 9.17) is 16.3 Å². The van der Waals surface area contributed by atoms with Gasteiger partial charge < -0.3 is 4.74 Å². The summed E-state index contributed by atoms with van der Waals surface area (Å²) in [6.45, 7) is 1.49. The number of ketones is 1. The molecule has 0 saturated heterocycles. The summed E-state index contributed by atoms with van der Waals surface area (Å²) >= 11 is 6.00. The Labute approximate surface area is 126 Å². The fraction of sp³-hybridized carbons (Fsp3) is 0.133. The predicted octanol–water partition coefficient (Wildman–Crippen LogP) is 4.03. The molecular formula is C15H12ClNO4. The van der Waals surface area contributed by atoms with Gasteiger partial charge >= 0.3 is 5.69 Å². The zero-order valence-corrected chi connectivity index (χ0v) is 12.0. The van der Waals surface area contributed by atoms with E-state index in [1.807, 2.05) is 30.3 Å². The first kappa shape index (κ1) is 15.0. The fourth-order valence-corrected chi connectivity index (χ4v) is 2.14. The van der Waals surface area contributed by atoms with Crippen LogP contribution < -0.4 is 4.74 Å². The van der Waals surface area contributed by atoms with Crippen molar-refractivity contribution in [2.24, 2.45) is 0 Å². The number of nitrogens with zero attached hydrogens (tertiary/aromatic N) is 1. The minimum atomic E-state index is -0.672. The van der Waals surface area contributed by atoms with E-state index in [1.165, 1.54) is 19.1 Å². The van der Waals surface area contributed by atoms with Crippen LogP contribution in [-0.2, 0) is 6.61 Å². The zero-order chi connectivity index (χ0) is 15.4. The Balaban J connectivity index is 2.31. The molecule has 2 aromatic carbocycles. The van der Waals surface area contributed by atoms with Gasteiger partial charge in [-0.05, 0) is 24.6 Å². The molecule has 0 atom stereocenters. The Morgan fingerprint density at radius 3 is 2.48 bits per heavy atom. The molecule has 0 bridgehead atoms. The second-order valence-corrected chi connectivity index (χ2v) is 4.74. The van der Waals surface area contributed by atoms with Crippen molar-refractivity contribution in [3.05, 3.63) is 68.7 Å². The zero-order valence-electron chi connectivity index (χ0n) is 11.2. The minimum absolute atomic E-state index is 0.0305. The van der Waals surface area contributed by atoms with Crippen LogP contribution in [0.4, 0.5) is 5.69 Å². The molecule has 0 aromatic heterocycles. The van der Waals surface area contributed by atoms with Crippen molar-refractivity contribution in [3.63, 3.8) is 0 Å². The van der Waals surface area contributed by atoms with Gasteiger partial charge in [-0.15, -0.1) is 0 Å². The van der Waals surface area contributed by atoms with Gasteiger partial charge in [0.15, 0.2) is 10.8 Å². The third kappa shape index (κ3) is 3.38. The molecule has 6 heteroatoms. The van der Waals surface area contributed by atoms with Crippen LogP contribution in [-0.4, -0.2) is 10.7 Å². The lowest BCUT2D eigenvalue weighted by molar-refractivity contribution is -0.385. The molecule has 0 heterocycles. The summed E-state index contributed by atoms with van der Waals surface area (Å²) in [6.07, 6.45) is 0. The van der Waals surface area contributed by atoms with Gasteiger partial charge in [0.2, 0.25) is 0 Å². The van der Waals surface area contributed by atoms with Crippen LogP contribution in [0.25, 0.3) is 0 Å². The van der Waals surface area contributed by atoms with E-state index in [9.17, 15) is 14.9 Å². The first-order valence-corrected chi connectivity index (χ1v) is 6.53. The van der Waals surface area contributed by atoms with Gasteiger partial charge in [-0.1, -0.05) is 41.9 Å². The molecule has 0 aliphatic rings. The van der Waals surface area contributed by atoms with Crippen molar-refractivity contribution in [3.8, 4) is 5.75 Å². The molecule has 5 nitrogen and oxygen atoms in total. The first-order valence-electron chi connectivity index (χ1n) is 6.15. The number of nitro groups is 1. The lowest BCUT2D eigenvalue weighted by Gasteiger charge is -2.09. The lowest BCUT2D eigenvalue weighted by atomic mass is 10.1. The van der Waals surface area contributed by atoms with Crippen molar-refractivity contribution in [2.45, 2.75) is 13.5 Å². The molecule has 2 rings (SSSR count). The van der Waals surface area contributed by atoms with Crippen molar-refractivity contribution in [1.29, 1.82) is 0 Å². The van der Waals surface area contributed by atoms with Gasteiger partial charge in [-0.2, -0.15) is 0 Å². The molecule has 0 N–H and O–H groups in total. The third-order valence-corrected chi connectivity index (χ3v) is 3.25. The van der Waals surface area contributed by atoms with E-state index < -0.39 is 16.4 Å². The average Bonchev–Trinajstić information content (AvgIpc) is 2.46. The molecule has 0 saturated carbocycles. The molecule has 108 valence electrons. The van der Waals surface area contributed by atoms with Crippen LogP contribution in [0, 0.1) is 10.1 Å². The monoisotopic (exact) mass is 305 g/mol. The highest BCUT2D eigenvalue weighted by Gasteiger charge is 2.25. The summed E-state index contributed by atoms with van der Waals surface area (Å²) < 4.78 is 5.50. The molecule has 0 aliphatic heterocycles. The minimum Gasteiger partial charge on any atom is -0.487 e. The van der Waals surface area contributed by atoms with Crippen LogP contribution in [0.2, 0.25) is 5.02 Å². The Kier molecular flexibility index (Phi) is 4.55. The molecule has 21 heavy (non-hydrogen) atoms. The highest BCUT2D eigenvalue weighted by molar-refractivity contribution is 6.35. The number of halogens is 1.